The monoisotopic (exact) mass is 405 g/mol. The number of para-hydroxylation sites is 1. The smallest absolute Gasteiger partial charge is 0.337 e. The molecule has 0 unspecified atom stereocenters. The number of carbonyl (C=O) groups is 2. The fraction of sp³-hybridized carbons (Fsp3) is 0.333. The van der Waals surface area contributed by atoms with Gasteiger partial charge in [-0.15, -0.1) is 0 Å². The summed E-state index contributed by atoms with van der Waals surface area (Å²) >= 11 is 0. The Kier molecular flexibility index (Phi) is 5.86. The van der Waals surface area contributed by atoms with E-state index < -0.39 is 0 Å². The van der Waals surface area contributed by atoms with E-state index in [0.717, 1.165) is 25.9 Å². The number of aromatic nitrogens is 1. The van der Waals surface area contributed by atoms with E-state index in [1.54, 1.807) is 24.3 Å². The van der Waals surface area contributed by atoms with Gasteiger partial charge in [-0.3, -0.25) is 9.69 Å². The molecule has 1 aliphatic heterocycles. The number of rotatable bonds is 5. The van der Waals surface area contributed by atoms with Crippen molar-refractivity contribution >= 4 is 28.5 Å². The van der Waals surface area contributed by atoms with Crippen molar-refractivity contribution in [3.8, 4) is 0 Å². The number of ether oxygens (including phenoxy) is 1. The number of benzene rings is 2. The van der Waals surface area contributed by atoms with Crippen molar-refractivity contribution in [2.75, 3.05) is 32.1 Å². The maximum absolute atomic E-state index is 12.4. The maximum Gasteiger partial charge on any atom is 0.337 e. The lowest BCUT2D eigenvalue weighted by molar-refractivity contribution is -0.117. The molecule has 6 heteroatoms. The number of hydrogen-bond acceptors (Lipinski definition) is 4. The molecule has 0 radical (unpaired) electrons. The van der Waals surface area contributed by atoms with Crippen LogP contribution in [0.4, 0.5) is 5.69 Å². The topological polar surface area (TPSA) is 74.4 Å². The highest BCUT2D eigenvalue weighted by Gasteiger charge is 2.25. The summed E-state index contributed by atoms with van der Waals surface area (Å²) in [5.41, 5.74) is 5.02. The van der Waals surface area contributed by atoms with Crippen LogP contribution in [0, 0.1) is 6.92 Å². The summed E-state index contributed by atoms with van der Waals surface area (Å²) in [6.45, 7) is 4.33. The van der Waals surface area contributed by atoms with Crippen LogP contribution in [0.15, 0.2) is 48.5 Å². The summed E-state index contributed by atoms with van der Waals surface area (Å²) in [6.07, 6.45) is 2.09. The molecule has 0 spiro atoms. The molecule has 1 amide bonds. The molecule has 3 aromatic rings. The van der Waals surface area contributed by atoms with E-state index in [4.69, 9.17) is 0 Å². The molecule has 2 N–H and O–H groups in total. The van der Waals surface area contributed by atoms with Crippen molar-refractivity contribution in [3.63, 3.8) is 0 Å². The Labute approximate surface area is 176 Å². The van der Waals surface area contributed by atoms with Gasteiger partial charge in [0.05, 0.1) is 19.2 Å². The average Bonchev–Trinajstić information content (AvgIpc) is 3.10. The molecule has 2 aromatic carbocycles. The van der Waals surface area contributed by atoms with Crippen molar-refractivity contribution < 1.29 is 14.3 Å². The molecule has 6 nitrogen and oxygen atoms in total. The highest BCUT2D eigenvalue weighted by Crippen LogP contribution is 2.35. The molecule has 0 saturated carbocycles. The Balaban J connectivity index is 1.32. The molecule has 0 aliphatic carbocycles. The van der Waals surface area contributed by atoms with Crippen LogP contribution < -0.4 is 5.32 Å². The van der Waals surface area contributed by atoms with Gasteiger partial charge in [0, 0.05) is 22.3 Å². The first-order valence-corrected chi connectivity index (χ1v) is 10.3. The number of anilines is 1. The number of methoxy groups -OCH3 is 1. The van der Waals surface area contributed by atoms with E-state index in [2.05, 4.69) is 51.1 Å². The summed E-state index contributed by atoms with van der Waals surface area (Å²) in [4.78, 5) is 29.7. The second-order valence-corrected chi connectivity index (χ2v) is 7.88. The number of aryl methyl sites for hydroxylation is 1. The fourth-order valence-corrected chi connectivity index (χ4v) is 4.42. The lowest BCUT2D eigenvalue weighted by atomic mass is 9.87. The van der Waals surface area contributed by atoms with E-state index in [0.29, 0.717) is 23.7 Å². The molecule has 1 aromatic heterocycles. The van der Waals surface area contributed by atoms with Crippen LogP contribution in [0.3, 0.4) is 0 Å². The lowest BCUT2D eigenvalue weighted by Gasteiger charge is -2.31. The molecule has 1 saturated heterocycles. The van der Waals surface area contributed by atoms with Crippen molar-refractivity contribution in [2.45, 2.75) is 25.7 Å². The number of fused-ring (bicyclic) bond motifs is 1. The van der Waals surface area contributed by atoms with Crippen molar-refractivity contribution in [1.82, 2.24) is 9.88 Å². The minimum atomic E-state index is -0.388. The number of aromatic amines is 1. The highest BCUT2D eigenvalue weighted by molar-refractivity contribution is 5.94. The molecule has 30 heavy (non-hydrogen) atoms. The van der Waals surface area contributed by atoms with Gasteiger partial charge in [0.15, 0.2) is 0 Å². The number of amides is 1. The van der Waals surface area contributed by atoms with Crippen molar-refractivity contribution in [1.29, 1.82) is 0 Å². The summed E-state index contributed by atoms with van der Waals surface area (Å²) in [5, 5.41) is 4.23. The minimum absolute atomic E-state index is 0.0393. The number of hydrogen-bond donors (Lipinski definition) is 2. The van der Waals surface area contributed by atoms with Gasteiger partial charge in [-0.1, -0.05) is 18.2 Å². The molecular formula is C24H27N3O3. The van der Waals surface area contributed by atoms with Gasteiger partial charge in [-0.2, -0.15) is 0 Å². The van der Waals surface area contributed by atoms with Crippen LogP contribution in [0.5, 0.6) is 0 Å². The molecule has 156 valence electrons. The van der Waals surface area contributed by atoms with Gasteiger partial charge < -0.3 is 15.0 Å². The van der Waals surface area contributed by atoms with Gasteiger partial charge in [0.25, 0.3) is 0 Å². The second kappa shape index (κ2) is 8.71. The highest BCUT2D eigenvalue weighted by atomic mass is 16.5. The molecule has 4 rings (SSSR count). The molecule has 1 aliphatic rings. The predicted octanol–water partition coefficient (Wildman–Crippen LogP) is 4.08. The first-order chi connectivity index (χ1) is 14.5. The number of carbonyl (C=O) groups excluding carboxylic acids is 2. The molecule has 2 heterocycles. The molecule has 0 atom stereocenters. The number of likely N-dealkylation sites (tertiary alicyclic amines) is 1. The number of nitrogens with one attached hydrogen (secondary N) is 2. The van der Waals surface area contributed by atoms with E-state index in [1.165, 1.54) is 29.3 Å². The molecule has 1 fully saturated rings. The zero-order valence-electron chi connectivity index (χ0n) is 17.4. The van der Waals surface area contributed by atoms with Crippen LogP contribution in [0.25, 0.3) is 10.9 Å². The van der Waals surface area contributed by atoms with Gasteiger partial charge in [0.2, 0.25) is 5.91 Å². The number of nitrogens with zero attached hydrogens (tertiary/aromatic N) is 1. The summed E-state index contributed by atoms with van der Waals surface area (Å²) in [6, 6.07) is 15.2. The van der Waals surface area contributed by atoms with Crippen LogP contribution >= 0.6 is 0 Å². The quantitative estimate of drug-likeness (QED) is 0.627. The van der Waals surface area contributed by atoms with Gasteiger partial charge in [-0.05, 0) is 74.7 Å². The zero-order chi connectivity index (χ0) is 21.1. The SMILES string of the molecule is COC(=O)c1ccc(NC(=O)CN2CCC(c3c(C)[nH]c4ccccc34)CC2)cc1. The zero-order valence-corrected chi connectivity index (χ0v) is 17.4. The van der Waals surface area contributed by atoms with Crippen LogP contribution in [-0.2, 0) is 9.53 Å². The largest absolute Gasteiger partial charge is 0.465 e. The Morgan fingerprint density at radius 2 is 1.80 bits per heavy atom. The first-order valence-electron chi connectivity index (χ1n) is 10.3. The second-order valence-electron chi connectivity index (χ2n) is 7.88. The minimum Gasteiger partial charge on any atom is -0.465 e. The van der Waals surface area contributed by atoms with Crippen LogP contribution in [-0.4, -0.2) is 48.5 Å². The van der Waals surface area contributed by atoms with Gasteiger partial charge >= 0.3 is 5.97 Å². The Morgan fingerprint density at radius 3 is 2.50 bits per heavy atom. The Hall–Kier alpha value is -3.12. The Morgan fingerprint density at radius 1 is 1.10 bits per heavy atom. The number of H-pyrrole nitrogens is 1. The van der Waals surface area contributed by atoms with E-state index in [1.807, 2.05) is 0 Å². The van der Waals surface area contributed by atoms with Crippen LogP contribution in [0.2, 0.25) is 0 Å². The van der Waals surface area contributed by atoms with Gasteiger partial charge in [0.1, 0.15) is 0 Å². The molecular weight excluding hydrogens is 378 g/mol. The van der Waals surface area contributed by atoms with E-state index in [-0.39, 0.29) is 11.9 Å². The predicted molar refractivity (Wildman–Crippen MR) is 118 cm³/mol. The summed E-state index contributed by atoms with van der Waals surface area (Å²) in [5.74, 6) is 0.0926. The lowest BCUT2D eigenvalue weighted by Crippen LogP contribution is -2.38. The average molecular weight is 405 g/mol. The first kappa shape index (κ1) is 20.2. The third-order valence-electron chi connectivity index (χ3n) is 5.90. The summed E-state index contributed by atoms with van der Waals surface area (Å²) in [7, 11) is 1.35. The standard InChI is InChI=1S/C24H27N3O3/c1-16-23(20-5-3-4-6-21(20)25-16)17-11-13-27(14-12-17)15-22(28)26-19-9-7-18(8-10-19)24(29)30-2/h3-10,17,25H,11-15H2,1-2H3,(H,26,28). The normalized spacial score (nSPS) is 15.3. The van der Waals surface area contributed by atoms with Crippen molar-refractivity contribution in [2.24, 2.45) is 0 Å². The maximum atomic E-state index is 12.4. The van der Waals surface area contributed by atoms with Crippen molar-refractivity contribution in [3.05, 3.63) is 65.4 Å². The number of esters is 1. The Bertz CT molecular complexity index is 1050. The fourth-order valence-electron chi connectivity index (χ4n) is 4.42. The van der Waals surface area contributed by atoms with Gasteiger partial charge in [-0.25, -0.2) is 4.79 Å². The third kappa shape index (κ3) is 4.24. The molecule has 0 bridgehead atoms. The summed E-state index contributed by atoms with van der Waals surface area (Å²) < 4.78 is 4.69. The number of piperidine rings is 1. The van der Waals surface area contributed by atoms with E-state index >= 15 is 0 Å². The van der Waals surface area contributed by atoms with E-state index in [9.17, 15) is 9.59 Å². The third-order valence-corrected chi connectivity index (χ3v) is 5.90. The van der Waals surface area contributed by atoms with Crippen LogP contribution in [0.1, 0.15) is 40.4 Å².